The molecule has 3 saturated heterocycles. The summed E-state index contributed by atoms with van der Waals surface area (Å²) in [6, 6.07) is 9.57. The Labute approximate surface area is 277 Å². The molecule has 2 aromatic heterocycles. The third-order valence-electron chi connectivity index (χ3n) is 9.58. The van der Waals surface area contributed by atoms with Crippen LogP contribution in [0.2, 0.25) is 16.4 Å². The van der Waals surface area contributed by atoms with Crippen LogP contribution in [0.15, 0.2) is 42.7 Å². The fraction of sp³-hybridized carbons (Fsp3) is 0.545. The van der Waals surface area contributed by atoms with Crippen molar-refractivity contribution < 1.29 is 14.0 Å². The molecule has 0 unspecified atom stereocenters. The lowest BCUT2D eigenvalue weighted by Gasteiger charge is -2.32. The van der Waals surface area contributed by atoms with E-state index < -0.39 is 0 Å². The zero-order valence-electron chi connectivity index (χ0n) is 26.9. The Morgan fingerprint density at radius 1 is 0.867 bits per heavy atom. The summed E-state index contributed by atoms with van der Waals surface area (Å²) < 4.78 is 18.8. The van der Waals surface area contributed by atoms with Gasteiger partial charge in [0.1, 0.15) is 0 Å². The summed E-state index contributed by atoms with van der Waals surface area (Å²) in [7, 11) is 1.99. The second-order valence-electron chi connectivity index (χ2n) is 13.6. The van der Waals surface area contributed by atoms with Gasteiger partial charge in [0.25, 0.3) is 0 Å². The zero-order chi connectivity index (χ0) is 31.8. The third kappa shape index (κ3) is 7.92. The van der Waals surface area contributed by atoms with Crippen molar-refractivity contribution in [2.75, 3.05) is 51.2 Å². The molecule has 0 amide bonds. The third-order valence-corrected chi connectivity index (χ3v) is 10.0. The van der Waals surface area contributed by atoms with E-state index in [0.29, 0.717) is 33.5 Å². The highest BCUT2D eigenvalue weighted by molar-refractivity contribution is 6.45. The van der Waals surface area contributed by atoms with E-state index in [2.05, 4.69) is 65.5 Å². The zero-order valence-corrected chi connectivity index (χ0v) is 28.4. The molecule has 6 rings (SSSR count). The maximum atomic E-state index is 6.36. The Morgan fingerprint density at radius 2 is 1.49 bits per heavy atom. The molecule has 0 saturated carbocycles. The van der Waals surface area contributed by atoms with Gasteiger partial charge < -0.3 is 23.8 Å². The van der Waals surface area contributed by atoms with E-state index in [1.807, 2.05) is 18.2 Å². The number of halogens is 2. The van der Waals surface area contributed by atoms with Crippen molar-refractivity contribution in [1.82, 2.24) is 24.8 Å². The van der Waals surface area contributed by atoms with Gasteiger partial charge in [0.2, 0.25) is 11.8 Å². The maximum Gasteiger partial charge on any atom is 0.458 e. The van der Waals surface area contributed by atoms with Gasteiger partial charge in [-0.15, -0.1) is 0 Å². The predicted molar refractivity (Wildman–Crippen MR) is 180 cm³/mol. The van der Waals surface area contributed by atoms with Crippen molar-refractivity contribution in [2.24, 2.45) is 5.92 Å². The number of hydrogen-bond acceptors (Lipinski definition) is 9. The quantitative estimate of drug-likeness (QED) is 0.247. The van der Waals surface area contributed by atoms with E-state index in [9.17, 15) is 0 Å². The van der Waals surface area contributed by atoms with Crippen LogP contribution < -0.4 is 9.64 Å². The summed E-state index contributed by atoms with van der Waals surface area (Å²) in [5, 5.41) is 1.12. The predicted octanol–water partition coefficient (Wildman–Crippen LogP) is 6.69. The van der Waals surface area contributed by atoms with E-state index in [-0.39, 0.29) is 18.3 Å². The van der Waals surface area contributed by atoms with Crippen LogP contribution in [0.3, 0.4) is 0 Å². The van der Waals surface area contributed by atoms with Crippen molar-refractivity contribution in [3.8, 4) is 22.9 Å². The van der Waals surface area contributed by atoms with Gasteiger partial charge in [0.05, 0.1) is 29.3 Å². The fourth-order valence-corrected chi connectivity index (χ4v) is 6.70. The summed E-state index contributed by atoms with van der Waals surface area (Å²) >= 11 is 12.7. The summed E-state index contributed by atoms with van der Waals surface area (Å²) in [6.45, 7) is 15.0. The van der Waals surface area contributed by atoms with Crippen LogP contribution in [-0.2, 0) is 15.9 Å². The number of rotatable bonds is 8. The maximum absolute atomic E-state index is 6.36. The SMILES string of the molecule is CN1CCN(c2ncc(Oc3cc(CN4CCC(CB5OC(C)(C)C(C)(C)O5)CC4)cc(-c4cc(Cl)cc(Cl)c4)n3)cn2)CC1. The number of nitrogens with zero attached hydrogens (tertiary/aromatic N) is 6. The van der Waals surface area contributed by atoms with Crippen LogP contribution in [0.4, 0.5) is 5.95 Å². The monoisotopic (exact) mass is 652 g/mol. The minimum atomic E-state index is -0.289. The molecule has 9 nitrogen and oxygen atoms in total. The van der Waals surface area contributed by atoms with Crippen LogP contribution in [-0.4, -0.2) is 89.4 Å². The van der Waals surface area contributed by atoms with Crippen molar-refractivity contribution in [2.45, 2.75) is 64.6 Å². The molecule has 0 radical (unpaired) electrons. The Balaban J connectivity index is 1.14. The number of ether oxygens (including phenoxy) is 1. The summed E-state index contributed by atoms with van der Waals surface area (Å²) in [6.07, 6.45) is 6.58. The Hall–Kier alpha value is -2.47. The highest BCUT2D eigenvalue weighted by Gasteiger charge is 2.51. The topological polar surface area (TPSA) is 76.1 Å². The lowest BCUT2D eigenvalue weighted by molar-refractivity contribution is 0.00578. The first-order chi connectivity index (χ1) is 21.4. The van der Waals surface area contributed by atoms with Gasteiger partial charge in [-0.05, 0) is 103 Å². The van der Waals surface area contributed by atoms with Crippen molar-refractivity contribution >= 4 is 36.3 Å². The van der Waals surface area contributed by atoms with Gasteiger partial charge in [0.15, 0.2) is 5.75 Å². The summed E-state index contributed by atoms with van der Waals surface area (Å²) in [4.78, 5) is 21.0. The van der Waals surface area contributed by atoms with Crippen molar-refractivity contribution in [3.63, 3.8) is 0 Å². The molecule has 12 heteroatoms. The molecule has 1 aromatic carbocycles. The normalized spacial score (nSPS) is 21.0. The smallest absolute Gasteiger partial charge is 0.436 e. The minimum Gasteiger partial charge on any atom is -0.436 e. The Morgan fingerprint density at radius 3 is 2.11 bits per heavy atom. The number of piperidine rings is 1. The highest BCUT2D eigenvalue weighted by atomic mass is 35.5. The van der Waals surface area contributed by atoms with E-state index in [4.69, 9.17) is 42.2 Å². The first kappa shape index (κ1) is 32.5. The number of aromatic nitrogens is 3. The van der Waals surface area contributed by atoms with E-state index in [0.717, 1.165) is 81.8 Å². The molecule has 3 aliphatic heterocycles. The number of pyridine rings is 1. The number of anilines is 1. The van der Waals surface area contributed by atoms with Gasteiger partial charge >= 0.3 is 7.12 Å². The largest absolute Gasteiger partial charge is 0.458 e. The van der Waals surface area contributed by atoms with Crippen LogP contribution in [0, 0.1) is 5.92 Å². The lowest BCUT2D eigenvalue weighted by Crippen LogP contribution is -2.45. The average molecular weight is 653 g/mol. The van der Waals surface area contributed by atoms with Gasteiger partial charge in [-0.25, -0.2) is 15.0 Å². The molecule has 3 aliphatic rings. The number of piperazine rings is 1. The van der Waals surface area contributed by atoms with Gasteiger partial charge in [0, 0.05) is 54.4 Å². The van der Waals surface area contributed by atoms with Gasteiger partial charge in [-0.3, -0.25) is 4.90 Å². The fourth-order valence-electron chi connectivity index (χ4n) is 6.18. The number of hydrogen-bond donors (Lipinski definition) is 0. The molecular weight excluding hydrogens is 610 g/mol. The molecule has 0 aliphatic carbocycles. The van der Waals surface area contributed by atoms with Crippen LogP contribution in [0.5, 0.6) is 11.6 Å². The lowest BCUT2D eigenvalue weighted by atomic mass is 9.74. The standard InChI is InChI=1S/C33H43BCl2N6O3/c1-32(2)33(3,4)45-34(44-32)19-23-6-8-41(9-7-23)22-24-14-29(25-16-26(35)18-27(36)17-25)39-30(15-24)43-28-20-37-31(38-21-28)42-12-10-40(5)11-13-42/h14-18,20-21,23H,6-13,19,22H2,1-5H3. The van der Waals surface area contributed by atoms with Gasteiger partial charge in [-0.2, -0.15) is 0 Å². The molecule has 0 atom stereocenters. The summed E-state index contributed by atoms with van der Waals surface area (Å²) in [5.74, 6) is 2.31. The molecular formula is C33H43BCl2N6O3. The second kappa shape index (κ2) is 13.3. The van der Waals surface area contributed by atoms with E-state index in [1.165, 1.54) is 0 Å². The van der Waals surface area contributed by atoms with Crippen LogP contribution >= 0.6 is 23.2 Å². The molecule has 0 N–H and O–H groups in total. The van der Waals surface area contributed by atoms with Crippen LogP contribution in [0.25, 0.3) is 11.3 Å². The number of likely N-dealkylation sites (tertiary alicyclic amines) is 1. The molecule has 0 spiro atoms. The Bertz CT molecular complexity index is 1440. The molecule has 0 bridgehead atoms. The first-order valence-electron chi connectivity index (χ1n) is 15.9. The average Bonchev–Trinajstić information content (AvgIpc) is 3.19. The number of likely N-dealkylation sites (N-methyl/N-ethyl adjacent to an activating group) is 1. The summed E-state index contributed by atoms with van der Waals surface area (Å²) in [5.41, 5.74) is 2.11. The van der Waals surface area contributed by atoms with E-state index in [1.54, 1.807) is 18.5 Å². The van der Waals surface area contributed by atoms with Crippen molar-refractivity contribution in [1.29, 1.82) is 0 Å². The second-order valence-corrected chi connectivity index (χ2v) is 14.5. The minimum absolute atomic E-state index is 0.141. The highest BCUT2D eigenvalue weighted by Crippen LogP contribution is 2.40. The Kier molecular flexibility index (Phi) is 9.62. The van der Waals surface area contributed by atoms with E-state index >= 15 is 0 Å². The molecule has 5 heterocycles. The number of benzene rings is 1. The van der Waals surface area contributed by atoms with Crippen molar-refractivity contribution in [3.05, 3.63) is 58.3 Å². The molecule has 45 heavy (non-hydrogen) atoms. The van der Waals surface area contributed by atoms with Crippen LogP contribution in [0.1, 0.15) is 46.1 Å². The molecule has 3 aromatic rings. The first-order valence-corrected chi connectivity index (χ1v) is 16.7. The van der Waals surface area contributed by atoms with Gasteiger partial charge in [-0.1, -0.05) is 23.2 Å². The molecule has 3 fully saturated rings. The molecule has 240 valence electrons.